The minimum absolute atomic E-state index is 0.0600. The molecule has 0 N–H and O–H groups in total. The van der Waals surface area contributed by atoms with Crippen molar-refractivity contribution in [2.75, 3.05) is 6.54 Å². The van der Waals surface area contributed by atoms with Gasteiger partial charge in [-0.15, -0.1) is 0 Å². The highest BCUT2D eigenvalue weighted by Crippen LogP contribution is 2.22. The summed E-state index contributed by atoms with van der Waals surface area (Å²) in [6.07, 6.45) is 5.46. The van der Waals surface area contributed by atoms with Crippen LogP contribution in [-0.4, -0.2) is 33.1 Å². The van der Waals surface area contributed by atoms with Crippen molar-refractivity contribution in [3.05, 3.63) is 71.1 Å². The maximum Gasteiger partial charge on any atom is 0.242 e. The molecule has 0 unspecified atom stereocenters. The van der Waals surface area contributed by atoms with Crippen molar-refractivity contribution in [3.8, 4) is 0 Å². The molecule has 0 radical (unpaired) electrons. The zero-order valence-electron chi connectivity index (χ0n) is 14.1. The van der Waals surface area contributed by atoms with Crippen molar-refractivity contribution < 1.29 is 4.79 Å². The van der Waals surface area contributed by atoms with E-state index in [2.05, 4.69) is 15.1 Å². The smallest absolute Gasteiger partial charge is 0.242 e. The summed E-state index contributed by atoms with van der Waals surface area (Å²) in [4.78, 5) is 20.8. The van der Waals surface area contributed by atoms with Gasteiger partial charge in [0.1, 0.15) is 0 Å². The first kappa shape index (κ1) is 16.7. The van der Waals surface area contributed by atoms with Gasteiger partial charge in [0.25, 0.3) is 0 Å². The molecular weight excluding hydrogens is 348 g/mol. The predicted molar refractivity (Wildman–Crippen MR) is 102 cm³/mol. The van der Waals surface area contributed by atoms with Gasteiger partial charge in [0.05, 0.1) is 16.9 Å². The summed E-state index contributed by atoms with van der Waals surface area (Å²) in [6, 6.07) is 13.4. The second-order valence-corrected chi connectivity index (χ2v) is 6.63. The lowest BCUT2D eigenvalue weighted by molar-refractivity contribution is -0.127. The van der Waals surface area contributed by atoms with Crippen LogP contribution in [0.5, 0.6) is 0 Å². The highest BCUT2D eigenvalue weighted by Gasteiger charge is 2.21. The number of halogens is 1. The Labute approximate surface area is 156 Å². The second kappa shape index (κ2) is 7.22. The topological polar surface area (TPSA) is 58.5 Å². The van der Waals surface area contributed by atoms with E-state index >= 15 is 0 Å². The van der Waals surface area contributed by atoms with Crippen molar-refractivity contribution in [3.63, 3.8) is 0 Å². The fraction of sp³-hybridized carbons (Fsp3) is 0.200. The summed E-state index contributed by atoms with van der Waals surface area (Å²) < 4.78 is 0. The third-order valence-electron chi connectivity index (χ3n) is 4.40. The molecule has 1 amide bonds. The third-order valence-corrected chi connectivity index (χ3v) is 4.64. The van der Waals surface area contributed by atoms with Gasteiger partial charge in [-0.2, -0.15) is 5.10 Å². The summed E-state index contributed by atoms with van der Waals surface area (Å²) >= 11 is 6.08. The number of hydrogen-bond donors (Lipinski definition) is 0. The number of amides is 1. The maximum atomic E-state index is 12.0. The molecule has 1 saturated heterocycles. The van der Waals surface area contributed by atoms with Crippen molar-refractivity contribution >= 4 is 34.1 Å². The van der Waals surface area contributed by atoms with Crippen LogP contribution in [0.25, 0.3) is 10.9 Å². The molecule has 26 heavy (non-hydrogen) atoms. The van der Waals surface area contributed by atoms with Gasteiger partial charge in [-0.05, 0) is 42.3 Å². The minimum atomic E-state index is 0.0600. The quantitative estimate of drug-likeness (QED) is 0.660. The van der Waals surface area contributed by atoms with Gasteiger partial charge in [-0.3, -0.25) is 14.8 Å². The van der Waals surface area contributed by atoms with Gasteiger partial charge in [-0.25, -0.2) is 5.01 Å². The number of fused-ring (bicyclic) bond motifs is 1. The third kappa shape index (κ3) is 3.44. The lowest BCUT2D eigenvalue weighted by Crippen LogP contribution is -2.22. The first-order valence-electron chi connectivity index (χ1n) is 8.53. The van der Waals surface area contributed by atoms with Crippen LogP contribution in [0.4, 0.5) is 0 Å². The van der Waals surface area contributed by atoms with E-state index in [1.165, 1.54) is 0 Å². The standard InChI is InChI=1S/C20H17ClN4O/c21-15-6-7-16-14(8-10-23-18(16)13-15)12-19(17-4-1-2-9-22-17)24-25-11-3-5-20(25)26/h1-2,4,6-10,13H,3,5,11-12H2/b24-19-. The highest BCUT2D eigenvalue weighted by atomic mass is 35.5. The molecule has 0 spiro atoms. The first-order chi connectivity index (χ1) is 12.7. The number of carbonyl (C=O) groups excluding carboxylic acids is 1. The van der Waals surface area contributed by atoms with Crippen molar-refractivity contribution in [2.24, 2.45) is 5.10 Å². The number of hydrazone groups is 1. The Morgan fingerprint density at radius 3 is 2.85 bits per heavy atom. The SMILES string of the molecule is O=C1CCCN1/N=C(/Cc1ccnc2cc(Cl)ccc12)c1ccccn1. The zero-order valence-corrected chi connectivity index (χ0v) is 14.9. The normalized spacial score (nSPS) is 15.0. The van der Waals surface area contributed by atoms with Gasteiger partial charge in [0.2, 0.25) is 5.91 Å². The molecule has 0 bridgehead atoms. The molecule has 3 aromatic rings. The summed E-state index contributed by atoms with van der Waals surface area (Å²) in [5.74, 6) is 0.0600. The van der Waals surface area contributed by atoms with E-state index in [-0.39, 0.29) is 5.91 Å². The molecule has 1 aliphatic rings. The molecule has 1 fully saturated rings. The molecule has 0 aliphatic carbocycles. The molecule has 3 heterocycles. The van der Waals surface area contributed by atoms with Gasteiger partial charge in [0.15, 0.2) is 0 Å². The van der Waals surface area contributed by atoms with E-state index < -0.39 is 0 Å². The first-order valence-corrected chi connectivity index (χ1v) is 8.91. The van der Waals surface area contributed by atoms with Gasteiger partial charge < -0.3 is 0 Å². The van der Waals surface area contributed by atoms with Crippen LogP contribution in [0.15, 0.2) is 60.0 Å². The Bertz CT molecular complexity index is 988. The van der Waals surface area contributed by atoms with E-state index in [9.17, 15) is 4.79 Å². The minimum Gasteiger partial charge on any atom is -0.273 e. The van der Waals surface area contributed by atoms with Gasteiger partial charge in [-0.1, -0.05) is 23.7 Å². The van der Waals surface area contributed by atoms with E-state index in [1.807, 2.05) is 42.5 Å². The number of rotatable bonds is 4. The number of hydrogen-bond acceptors (Lipinski definition) is 4. The number of pyridine rings is 2. The number of benzene rings is 1. The zero-order chi connectivity index (χ0) is 17.9. The van der Waals surface area contributed by atoms with Crippen LogP contribution in [0, 0.1) is 0 Å². The second-order valence-electron chi connectivity index (χ2n) is 6.19. The Morgan fingerprint density at radius 1 is 1.15 bits per heavy atom. The average molecular weight is 365 g/mol. The van der Waals surface area contributed by atoms with E-state index in [0.29, 0.717) is 24.4 Å². The molecule has 1 aliphatic heterocycles. The molecule has 1 aromatic carbocycles. The Hall–Kier alpha value is -2.79. The fourth-order valence-electron chi connectivity index (χ4n) is 3.11. The van der Waals surface area contributed by atoms with Crippen LogP contribution in [-0.2, 0) is 11.2 Å². The van der Waals surface area contributed by atoms with Crippen LogP contribution in [0.3, 0.4) is 0 Å². The number of nitrogens with zero attached hydrogens (tertiary/aromatic N) is 4. The Morgan fingerprint density at radius 2 is 2.08 bits per heavy atom. The van der Waals surface area contributed by atoms with Crippen molar-refractivity contribution in [1.29, 1.82) is 0 Å². The largest absolute Gasteiger partial charge is 0.273 e. The lowest BCUT2D eigenvalue weighted by atomic mass is 10.0. The van der Waals surface area contributed by atoms with E-state index in [1.54, 1.807) is 17.4 Å². The molecule has 5 nitrogen and oxygen atoms in total. The molecular formula is C20H17ClN4O. The fourth-order valence-corrected chi connectivity index (χ4v) is 3.28. The number of aromatic nitrogens is 2. The van der Waals surface area contributed by atoms with Crippen LogP contribution in [0.1, 0.15) is 24.1 Å². The van der Waals surface area contributed by atoms with E-state index in [0.717, 1.165) is 34.3 Å². The molecule has 2 aromatic heterocycles. The summed E-state index contributed by atoms with van der Waals surface area (Å²) in [6.45, 7) is 0.655. The molecule has 130 valence electrons. The Balaban J connectivity index is 1.76. The summed E-state index contributed by atoms with van der Waals surface area (Å²) in [7, 11) is 0. The summed E-state index contributed by atoms with van der Waals surface area (Å²) in [5, 5.41) is 7.88. The highest BCUT2D eigenvalue weighted by molar-refractivity contribution is 6.31. The Kier molecular flexibility index (Phi) is 4.63. The van der Waals surface area contributed by atoms with Gasteiger partial charge >= 0.3 is 0 Å². The lowest BCUT2D eigenvalue weighted by Gasteiger charge is -2.14. The maximum absolute atomic E-state index is 12.0. The van der Waals surface area contributed by atoms with Crippen LogP contribution in [0.2, 0.25) is 5.02 Å². The van der Waals surface area contributed by atoms with Crippen molar-refractivity contribution in [1.82, 2.24) is 15.0 Å². The average Bonchev–Trinajstić information content (AvgIpc) is 3.06. The van der Waals surface area contributed by atoms with Crippen LogP contribution < -0.4 is 0 Å². The van der Waals surface area contributed by atoms with E-state index in [4.69, 9.17) is 11.6 Å². The molecule has 0 atom stereocenters. The summed E-state index contributed by atoms with van der Waals surface area (Å²) in [5.41, 5.74) is 3.45. The number of carbonyl (C=O) groups is 1. The monoisotopic (exact) mass is 364 g/mol. The van der Waals surface area contributed by atoms with Crippen molar-refractivity contribution in [2.45, 2.75) is 19.3 Å². The van der Waals surface area contributed by atoms with Crippen LogP contribution >= 0.6 is 11.6 Å². The molecule has 0 saturated carbocycles. The molecule has 4 rings (SSSR count). The molecule has 6 heteroatoms. The van der Waals surface area contributed by atoms with Gasteiger partial charge in [0, 0.05) is 42.2 Å². The predicted octanol–water partition coefficient (Wildman–Crippen LogP) is 3.85.